The molecule has 2 atom stereocenters. The first-order valence-electron chi connectivity index (χ1n) is 12.8. The third kappa shape index (κ3) is 5.93. The fourth-order valence-electron chi connectivity index (χ4n) is 5.62. The van der Waals surface area contributed by atoms with Crippen molar-refractivity contribution in [3.63, 3.8) is 0 Å². The molecular weight excluding hydrogens is 454 g/mol. The number of methoxy groups -OCH3 is 2. The molecule has 4 rings (SSSR count). The number of aliphatic hydroxyl groups is 1. The van der Waals surface area contributed by atoms with Crippen LogP contribution >= 0.6 is 0 Å². The minimum Gasteiger partial charge on any atom is -0.496 e. The van der Waals surface area contributed by atoms with Crippen LogP contribution in [0.2, 0.25) is 0 Å². The molecule has 0 saturated carbocycles. The van der Waals surface area contributed by atoms with Gasteiger partial charge in [0.15, 0.2) is 0 Å². The predicted molar refractivity (Wildman–Crippen MR) is 140 cm³/mol. The van der Waals surface area contributed by atoms with Crippen LogP contribution in [0.3, 0.4) is 0 Å². The van der Waals surface area contributed by atoms with Gasteiger partial charge in [0.2, 0.25) is 0 Å². The summed E-state index contributed by atoms with van der Waals surface area (Å²) in [5.74, 6) is 1.09. The maximum atomic E-state index is 11.7. The van der Waals surface area contributed by atoms with Gasteiger partial charge in [-0.15, -0.1) is 0 Å². The van der Waals surface area contributed by atoms with E-state index in [0.717, 1.165) is 53.9 Å². The van der Waals surface area contributed by atoms with Crippen molar-refractivity contribution in [3.05, 3.63) is 82.7 Å². The number of carboxylic acids is 1. The third-order valence-corrected chi connectivity index (χ3v) is 7.43. The molecule has 0 fully saturated rings. The highest BCUT2D eigenvalue weighted by Crippen LogP contribution is 2.39. The molecule has 6 heteroatoms. The molecule has 192 valence electrons. The van der Waals surface area contributed by atoms with Gasteiger partial charge in [0.05, 0.1) is 20.3 Å². The van der Waals surface area contributed by atoms with Crippen molar-refractivity contribution < 1.29 is 24.5 Å². The van der Waals surface area contributed by atoms with Crippen molar-refractivity contribution in [1.29, 1.82) is 0 Å². The molecule has 0 bridgehead atoms. The Hall–Kier alpha value is -3.25. The summed E-state index contributed by atoms with van der Waals surface area (Å²) in [7, 11) is 3.30. The fourth-order valence-corrected chi connectivity index (χ4v) is 5.62. The molecule has 1 aliphatic carbocycles. The first-order valence-corrected chi connectivity index (χ1v) is 12.8. The van der Waals surface area contributed by atoms with Crippen LogP contribution in [0.4, 0.5) is 0 Å². The Labute approximate surface area is 213 Å². The molecule has 2 N–H and O–H groups in total. The van der Waals surface area contributed by atoms with Gasteiger partial charge in [-0.2, -0.15) is 0 Å². The van der Waals surface area contributed by atoms with E-state index in [-0.39, 0.29) is 12.3 Å². The highest BCUT2D eigenvalue weighted by atomic mass is 16.5. The van der Waals surface area contributed by atoms with Crippen LogP contribution in [0, 0.1) is 11.8 Å². The number of hydrogen-bond acceptors (Lipinski definition) is 4. The van der Waals surface area contributed by atoms with Gasteiger partial charge in [-0.3, -0.25) is 4.79 Å². The van der Waals surface area contributed by atoms with E-state index < -0.39 is 12.1 Å². The number of rotatable bonds is 12. The lowest BCUT2D eigenvalue weighted by Gasteiger charge is -2.27. The number of benzene rings is 2. The zero-order valence-electron chi connectivity index (χ0n) is 21.4. The summed E-state index contributed by atoms with van der Waals surface area (Å²) in [5, 5.41) is 20.7. The minimum absolute atomic E-state index is 0.0362. The van der Waals surface area contributed by atoms with Gasteiger partial charge in [0.1, 0.15) is 11.5 Å². The van der Waals surface area contributed by atoms with Gasteiger partial charge in [-0.1, -0.05) is 31.2 Å². The van der Waals surface area contributed by atoms with Crippen LogP contribution < -0.4 is 9.47 Å². The number of aliphatic carboxylic acids is 1. The van der Waals surface area contributed by atoms with Gasteiger partial charge >= 0.3 is 5.97 Å². The van der Waals surface area contributed by atoms with E-state index in [9.17, 15) is 9.90 Å². The Bertz CT molecular complexity index is 1130. The van der Waals surface area contributed by atoms with Crippen molar-refractivity contribution in [1.82, 2.24) is 4.57 Å². The number of carbonyl (C=O) groups is 1. The van der Waals surface area contributed by atoms with Crippen LogP contribution in [0.1, 0.15) is 53.7 Å². The van der Waals surface area contributed by atoms with Gasteiger partial charge in [0.25, 0.3) is 0 Å². The van der Waals surface area contributed by atoms with Crippen LogP contribution in [-0.2, 0) is 37.0 Å². The quantitative estimate of drug-likeness (QED) is 0.362. The summed E-state index contributed by atoms with van der Waals surface area (Å²) < 4.78 is 13.4. The van der Waals surface area contributed by atoms with Crippen molar-refractivity contribution in [3.8, 4) is 11.5 Å². The first-order chi connectivity index (χ1) is 17.4. The second-order valence-corrected chi connectivity index (χ2v) is 9.85. The molecule has 2 aromatic carbocycles. The lowest BCUT2D eigenvalue weighted by molar-refractivity contribution is -0.136. The molecule has 36 heavy (non-hydrogen) atoms. The first kappa shape index (κ1) is 25.8. The standard InChI is InChI=1S/C30H37NO5/c1-4-26-27(35-2)16-24(17-28(26)36-3)30(34)25(15-21-13-22-7-5-6-8-23(22)14-21)19-31-12-11-20(18-31)9-10-29(32)33/h5-8,11-12,16-18,21,25,30,34H,4,9-10,13-15,19H2,1-3H3,(H,32,33)/t25-,30-/m1/s1. The molecule has 6 nitrogen and oxygen atoms in total. The molecule has 0 unspecified atom stereocenters. The molecule has 1 heterocycles. The van der Waals surface area contributed by atoms with Crippen molar-refractivity contribution in [2.45, 2.75) is 58.1 Å². The fraction of sp³-hybridized carbons (Fsp3) is 0.433. The zero-order valence-corrected chi connectivity index (χ0v) is 21.4. The van der Waals surface area contributed by atoms with E-state index in [4.69, 9.17) is 14.6 Å². The molecule has 0 spiro atoms. The summed E-state index contributed by atoms with van der Waals surface area (Å²) in [6, 6.07) is 14.5. The monoisotopic (exact) mass is 491 g/mol. The second-order valence-electron chi connectivity index (χ2n) is 9.85. The summed E-state index contributed by atoms with van der Waals surface area (Å²) in [5.41, 5.74) is 5.59. The highest BCUT2D eigenvalue weighted by molar-refractivity contribution is 5.67. The Balaban J connectivity index is 1.59. The molecule has 0 saturated heterocycles. The number of aromatic nitrogens is 1. The third-order valence-electron chi connectivity index (χ3n) is 7.43. The van der Waals surface area contributed by atoms with Gasteiger partial charge in [-0.05, 0) is 78.5 Å². The molecular formula is C30H37NO5. The number of fused-ring (bicyclic) bond motifs is 1. The number of nitrogens with zero attached hydrogens (tertiary/aromatic N) is 1. The molecule has 3 aromatic rings. The van der Waals surface area contributed by atoms with Gasteiger partial charge in [0, 0.05) is 36.8 Å². The number of carboxylic acid groups (broad SMARTS) is 1. The van der Waals surface area contributed by atoms with Crippen molar-refractivity contribution >= 4 is 5.97 Å². The molecule has 1 aliphatic rings. The minimum atomic E-state index is -0.796. The van der Waals surface area contributed by atoms with Crippen LogP contribution in [0.15, 0.2) is 54.9 Å². The average Bonchev–Trinajstić information content (AvgIpc) is 3.51. The predicted octanol–water partition coefficient (Wildman–Crippen LogP) is 5.24. The summed E-state index contributed by atoms with van der Waals surface area (Å²) in [4.78, 5) is 11.0. The number of aliphatic hydroxyl groups excluding tert-OH is 1. The Kier molecular flexibility index (Phi) is 8.36. The van der Waals surface area contributed by atoms with E-state index in [1.165, 1.54) is 11.1 Å². The van der Waals surface area contributed by atoms with Crippen molar-refractivity contribution in [2.24, 2.45) is 11.8 Å². The smallest absolute Gasteiger partial charge is 0.303 e. The Morgan fingerprint density at radius 1 is 1.08 bits per heavy atom. The van der Waals surface area contributed by atoms with E-state index in [1.807, 2.05) is 30.6 Å². The lowest BCUT2D eigenvalue weighted by Crippen LogP contribution is -2.22. The van der Waals surface area contributed by atoms with E-state index in [0.29, 0.717) is 18.9 Å². The maximum Gasteiger partial charge on any atom is 0.303 e. The van der Waals surface area contributed by atoms with Crippen LogP contribution in [0.5, 0.6) is 11.5 Å². The van der Waals surface area contributed by atoms with Gasteiger partial charge < -0.3 is 24.3 Å². The molecule has 0 amide bonds. The summed E-state index contributed by atoms with van der Waals surface area (Å²) in [6.07, 6.45) is 7.60. The SMILES string of the molecule is CCc1c(OC)cc([C@@H](O)[C@H](CC2Cc3ccccc3C2)Cn2ccc(CCC(=O)O)c2)cc1OC. The number of aryl methyl sites for hydroxylation is 1. The lowest BCUT2D eigenvalue weighted by atomic mass is 9.85. The molecule has 1 aromatic heterocycles. The highest BCUT2D eigenvalue weighted by Gasteiger charge is 2.30. The van der Waals surface area contributed by atoms with Crippen molar-refractivity contribution in [2.75, 3.05) is 14.2 Å². The Morgan fingerprint density at radius 3 is 2.28 bits per heavy atom. The Morgan fingerprint density at radius 2 is 1.72 bits per heavy atom. The van der Waals surface area contributed by atoms with E-state index >= 15 is 0 Å². The average molecular weight is 492 g/mol. The second kappa shape index (κ2) is 11.7. The number of hydrogen-bond donors (Lipinski definition) is 2. The van der Waals surface area contributed by atoms with Crippen LogP contribution in [0.25, 0.3) is 0 Å². The summed E-state index contributed by atoms with van der Waals surface area (Å²) in [6.45, 7) is 2.70. The molecule has 0 aliphatic heterocycles. The largest absolute Gasteiger partial charge is 0.496 e. The van der Waals surface area contributed by atoms with E-state index in [1.54, 1.807) is 14.2 Å². The topological polar surface area (TPSA) is 80.9 Å². The zero-order chi connectivity index (χ0) is 25.7. The normalized spacial score (nSPS) is 14.9. The van der Waals surface area contributed by atoms with Crippen LogP contribution in [-0.4, -0.2) is 35.0 Å². The number of ether oxygens (including phenoxy) is 2. The van der Waals surface area contributed by atoms with Gasteiger partial charge in [-0.25, -0.2) is 0 Å². The van der Waals surface area contributed by atoms with E-state index in [2.05, 4.69) is 35.8 Å². The molecule has 0 radical (unpaired) electrons. The summed E-state index contributed by atoms with van der Waals surface area (Å²) >= 11 is 0. The maximum absolute atomic E-state index is 11.7.